The zero-order valence-corrected chi connectivity index (χ0v) is 10.9. The lowest BCUT2D eigenvalue weighted by Crippen LogP contribution is -2.25. The SMILES string of the molecule is Cc1nn2c(CN3CCCCCC3)nnc2s1. The molecule has 0 radical (unpaired) electrons. The first kappa shape index (κ1) is 11.1. The van der Waals surface area contributed by atoms with Crippen molar-refractivity contribution < 1.29 is 0 Å². The van der Waals surface area contributed by atoms with Crippen LogP contribution in [-0.4, -0.2) is 37.8 Å². The predicted octanol–water partition coefficient (Wildman–Crippen LogP) is 1.87. The second-order valence-electron chi connectivity index (χ2n) is 4.62. The van der Waals surface area contributed by atoms with Crippen LogP contribution in [0.4, 0.5) is 0 Å². The number of fused-ring (bicyclic) bond motifs is 1. The van der Waals surface area contributed by atoms with Crippen molar-refractivity contribution in [1.82, 2.24) is 24.7 Å². The smallest absolute Gasteiger partial charge is 0.234 e. The van der Waals surface area contributed by atoms with Gasteiger partial charge in [-0.3, -0.25) is 4.90 Å². The molecule has 3 rings (SSSR count). The molecule has 2 aromatic rings. The van der Waals surface area contributed by atoms with Gasteiger partial charge in [-0.1, -0.05) is 24.2 Å². The largest absolute Gasteiger partial charge is 0.296 e. The summed E-state index contributed by atoms with van der Waals surface area (Å²) >= 11 is 1.60. The molecule has 17 heavy (non-hydrogen) atoms. The van der Waals surface area contributed by atoms with E-state index in [4.69, 9.17) is 0 Å². The first-order chi connectivity index (χ1) is 8.33. The Bertz CT molecular complexity index is 495. The lowest BCUT2D eigenvalue weighted by Gasteiger charge is -2.17. The molecule has 0 aromatic carbocycles. The Morgan fingerprint density at radius 3 is 2.65 bits per heavy atom. The maximum absolute atomic E-state index is 4.45. The van der Waals surface area contributed by atoms with Crippen LogP contribution < -0.4 is 0 Å². The minimum absolute atomic E-state index is 0.879. The average molecular weight is 251 g/mol. The third-order valence-electron chi connectivity index (χ3n) is 3.22. The van der Waals surface area contributed by atoms with Gasteiger partial charge in [0.2, 0.25) is 4.96 Å². The molecular formula is C11H17N5S. The molecule has 1 aliphatic heterocycles. The minimum atomic E-state index is 0.879. The quantitative estimate of drug-likeness (QED) is 0.817. The van der Waals surface area contributed by atoms with Gasteiger partial charge in [-0.15, -0.1) is 10.2 Å². The number of rotatable bonds is 2. The zero-order chi connectivity index (χ0) is 11.7. The van der Waals surface area contributed by atoms with Gasteiger partial charge in [0, 0.05) is 0 Å². The van der Waals surface area contributed by atoms with Crippen molar-refractivity contribution in [2.24, 2.45) is 0 Å². The van der Waals surface area contributed by atoms with E-state index in [9.17, 15) is 0 Å². The van der Waals surface area contributed by atoms with Crippen molar-refractivity contribution in [3.63, 3.8) is 0 Å². The van der Waals surface area contributed by atoms with Gasteiger partial charge in [-0.2, -0.15) is 9.61 Å². The molecule has 1 aliphatic rings. The summed E-state index contributed by atoms with van der Waals surface area (Å²) in [6.45, 7) is 5.25. The van der Waals surface area contributed by atoms with Gasteiger partial charge in [-0.25, -0.2) is 0 Å². The first-order valence-electron chi connectivity index (χ1n) is 6.23. The fourth-order valence-corrected chi connectivity index (χ4v) is 3.05. The molecule has 3 heterocycles. The molecule has 0 atom stereocenters. The highest BCUT2D eigenvalue weighted by Gasteiger charge is 2.15. The number of aryl methyl sites for hydroxylation is 1. The van der Waals surface area contributed by atoms with Gasteiger partial charge >= 0.3 is 0 Å². The van der Waals surface area contributed by atoms with E-state index in [1.807, 2.05) is 11.4 Å². The minimum Gasteiger partial charge on any atom is -0.296 e. The van der Waals surface area contributed by atoms with E-state index >= 15 is 0 Å². The Kier molecular flexibility index (Phi) is 3.07. The molecule has 1 fully saturated rings. The zero-order valence-electron chi connectivity index (χ0n) is 10.1. The summed E-state index contributed by atoms with van der Waals surface area (Å²) in [5.74, 6) is 0.978. The average Bonchev–Trinajstić information content (AvgIpc) is 2.73. The molecule has 92 valence electrons. The Balaban J connectivity index is 1.78. The summed E-state index contributed by atoms with van der Waals surface area (Å²) in [5, 5.41) is 13.9. The molecule has 0 aliphatic carbocycles. The Hall–Kier alpha value is -1.01. The van der Waals surface area contributed by atoms with Crippen LogP contribution in [0.25, 0.3) is 4.96 Å². The normalized spacial score (nSPS) is 18.6. The molecule has 0 N–H and O–H groups in total. The number of hydrogen-bond acceptors (Lipinski definition) is 5. The summed E-state index contributed by atoms with van der Waals surface area (Å²) in [7, 11) is 0. The summed E-state index contributed by atoms with van der Waals surface area (Å²) < 4.78 is 1.89. The van der Waals surface area contributed by atoms with Gasteiger partial charge in [0.25, 0.3) is 0 Å². The van der Waals surface area contributed by atoms with Crippen LogP contribution in [0.3, 0.4) is 0 Å². The van der Waals surface area contributed by atoms with Crippen LogP contribution in [0.1, 0.15) is 36.5 Å². The lowest BCUT2D eigenvalue weighted by molar-refractivity contribution is 0.268. The Labute approximate surface area is 104 Å². The third-order valence-corrected chi connectivity index (χ3v) is 4.03. The van der Waals surface area contributed by atoms with Crippen molar-refractivity contribution in [2.75, 3.05) is 13.1 Å². The molecular weight excluding hydrogens is 234 g/mol. The highest BCUT2D eigenvalue weighted by molar-refractivity contribution is 7.16. The van der Waals surface area contributed by atoms with Crippen molar-refractivity contribution in [3.05, 3.63) is 10.8 Å². The van der Waals surface area contributed by atoms with E-state index < -0.39 is 0 Å². The highest BCUT2D eigenvalue weighted by atomic mass is 32.1. The molecule has 0 spiro atoms. The summed E-state index contributed by atoms with van der Waals surface area (Å²) in [6, 6.07) is 0. The molecule has 0 bridgehead atoms. The van der Waals surface area contributed by atoms with Crippen LogP contribution >= 0.6 is 11.3 Å². The molecule has 5 nitrogen and oxygen atoms in total. The lowest BCUT2D eigenvalue weighted by atomic mass is 10.2. The molecule has 0 amide bonds. The molecule has 0 saturated carbocycles. The van der Waals surface area contributed by atoms with E-state index in [1.54, 1.807) is 11.3 Å². The Morgan fingerprint density at radius 2 is 1.88 bits per heavy atom. The van der Waals surface area contributed by atoms with Crippen LogP contribution in [0.15, 0.2) is 0 Å². The topological polar surface area (TPSA) is 46.3 Å². The van der Waals surface area contributed by atoms with Crippen molar-refractivity contribution >= 4 is 16.3 Å². The maximum Gasteiger partial charge on any atom is 0.234 e. The second-order valence-corrected chi connectivity index (χ2v) is 5.78. The van der Waals surface area contributed by atoms with Gasteiger partial charge in [-0.05, 0) is 32.9 Å². The van der Waals surface area contributed by atoms with E-state index in [2.05, 4.69) is 20.2 Å². The van der Waals surface area contributed by atoms with Gasteiger partial charge in [0.15, 0.2) is 5.82 Å². The van der Waals surface area contributed by atoms with Crippen LogP contribution in [0, 0.1) is 6.92 Å². The van der Waals surface area contributed by atoms with Crippen molar-refractivity contribution in [3.8, 4) is 0 Å². The second kappa shape index (κ2) is 4.70. The molecule has 2 aromatic heterocycles. The van der Waals surface area contributed by atoms with Crippen molar-refractivity contribution in [2.45, 2.75) is 39.2 Å². The Morgan fingerprint density at radius 1 is 1.12 bits per heavy atom. The van der Waals surface area contributed by atoms with Crippen molar-refractivity contribution in [1.29, 1.82) is 0 Å². The fraction of sp³-hybridized carbons (Fsp3) is 0.727. The van der Waals surface area contributed by atoms with Gasteiger partial charge in [0.1, 0.15) is 5.01 Å². The summed E-state index contributed by atoms with van der Waals surface area (Å²) in [6.07, 6.45) is 5.33. The summed E-state index contributed by atoms with van der Waals surface area (Å²) in [5.41, 5.74) is 0. The van der Waals surface area contributed by atoms with Crippen LogP contribution in [0.2, 0.25) is 0 Å². The number of hydrogen-bond donors (Lipinski definition) is 0. The molecule has 1 saturated heterocycles. The maximum atomic E-state index is 4.45. The highest BCUT2D eigenvalue weighted by Crippen LogP contribution is 2.15. The molecule has 0 unspecified atom stereocenters. The fourth-order valence-electron chi connectivity index (χ4n) is 2.35. The number of likely N-dealkylation sites (tertiary alicyclic amines) is 1. The third kappa shape index (κ3) is 2.32. The van der Waals surface area contributed by atoms with Gasteiger partial charge in [0.05, 0.1) is 6.54 Å². The van der Waals surface area contributed by atoms with Crippen LogP contribution in [-0.2, 0) is 6.54 Å². The molecule has 6 heteroatoms. The van der Waals surface area contributed by atoms with Crippen LogP contribution in [0.5, 0.6) is 0 Å². The van der Waals surface area contributed by atoms with E-state index in [1.165, 1.54) is 38.8 Å². The first-order valence-corrected chi connectivity index (χ1v) is 7.05. The monoisotopic (exact) mass is 251 g/mol. The number of aromatic nitrogens is 4. The van der Waals surface area contributed by atoms with E-state index in [0.29, 0.717) is 0 Å². The van der Waals surface area contributed by atoms with E-state index in [0.717, 1.165) is 22.3 Å². The summed E-state index contributed by atoms with van der Waals surface area (Å²) in [4.78, 5) is 3.38. The van der Waals surface area contributed by atoms with Gasteiger partial charge < -0.3 is 0 Å². The predicted molar refractivity (Wildman–Crippen MR) is 67.1 cm³/mol. The van der Waals surface area contributed by atoms with E-state index in [-0.39, 0.29) is 0 Å². The number of nitrogens with zero attached hydrogens (tertiary/aromatic N) is 5. The standard InChI is InChI=1S/C11H17N5S/c1-9-14-16-10(12-13-11(16)17-9)8-15-6-4-2-3-5-7-15/h2-8H2,1H3.